The van der Waals surface area contributed by atoms with Gasteiger partial charge in [0.15, 0.2) is 67.6 Å². The predicted molar refractivity (Wildman–Crippen MR) is 358 cm³/mol. The van der Waals surface area contributed by atoms with Gasteiger partial charge in [0.2, 0.25) is 0 Å². The number of esters is 2. The first kappa shape index (κ1) is 83.4. The van der Waals surface area contributed by atoms with Gasteiger partial charge in [0.05, 0.1) is 81.4 Å². The van der Waals surface area contributed by atoms with Crippen LogP contribution in [0.5, 0.6) is 23.0 Å². The average molecular weight is 1620 g/mol. The second-order valence-corrected chi connectivity index (χ2v) is 30.4. The van der Waals surface area contributed by atoms with E-state index in [-0.39, 0.29) is 76.8 Å². The molecule has 11 aliphatic heterocycles. The van der Waals surface area contributed by atoms with Crippen LogP contribution in [0.4, 0.5) is 0 Å². The molecule has 110 heavy (non-hydrogen) atoms. The smallest absolute Gasteiger partial charge is 0.342 e. The second-order valence-electron chi connectivity index (χ2n) is 29.7. The molecule has 11 saturated heterocycles. The molecule has 13 rings (SSSR count). The van der Waals surface area contributed by atoms with E-state index in [0.29, 0.717) is 0 Å². The first-order valence-electron chi connectivity index (χ1n) is 35.9. The highest BCUT2D eigenvalue weighted by atomic mass is 35.5. The molecular formula is C69H95Cl2NO38. The van der Waals surface area contributed by atoms with Crippen molar-refractivity contribution in [3.63, 3.8) is 0 Å². The van der Waals surface area contributed by atoms with Crippen molar-refractivity contribution >= 4 is 35.1 Å². The number of benzene rings is 2. The Kier molecular flexibility index (Phi) is 24.6. The third kappa shape index (κ3) is 15.2. The molecule has 35 atom stereocenters. The van der Waals surface area contributed by atoms with Gasteiger partial charge in [-0.1, -0.05) is 23.2 Å². The van der Waals surface area contributed by atoms with E-state index in [1.165, 1.54) is 76.0 Å². The van der Waals surface area contributed by atoms with Crippen LogP contribution in [0.2, 0.25) is 10.0 Å². The topological polar surface area (TPSA) is 490 Å². The zero-order valence-corrected chi connectivity index (χ0v) is 63.6. The number of hydrogen-bond donors (Lipinski definition) is 9. The Morgan fingerprint density at radius 2 is 1.30 bits per heavy atom. The van der Waals surface area contributed by atoms with Crippen molar-refractivity contribution in [1.29, 1.82) is 0 Å². The van der Waals surface area contributed by atoms with Crippen LogP contribution in [0.25, 0.3) is 0 Å². The van der Waals surface area contributed by atoms with Crippen molar-refractivity contribution in [3.8, 4) is 23.0 Å². The number of halogens is 2. The van der Waals surface area contributed by atoms with Gasteiger partial charge in [-0.25, -0.2) is 9.59 Å². The number of nitrogens with zero attached hydrogens (tertiary/aromatic N) is 1. The highest BCUT2D eigenvalue weighted by molar-refractivity contribution is 6.39. The van der Waals surface area contributed by atoms with Crippen LogP contribution < -0.4 is 4.74 Å². The minimum atomic E-state index is -2.07. The van der Waals surface area contributed by atoms with Crippen molar-refractivity contribution < 1.29 is 179 Å². The van der Waals surface area contributed by atoms with E-state index < -0.39 is 255 Å². The number of phenols is 3. The fourth-order valence-corrected chi connectivity index (χ4v) is 17.1. The van der Waals surface area contributed by atoms with E-state index in [0.717, 1.165) is 6.07 Å². The van der Waals surface area contributed by atoms with Crippen LogP contribution in [0, 0.1) is 24.0 Å². The molecule has 2 spiro atoms. The zero-order valence-electron chi connectivity index (χ0n) is 62.1. The molecule has 0 bridgehead atoms. The third-order valence-electron chi connectivity index (χ3n) is 22.3. The van der Waals surface area contributed by atoms with Gasteiger partial charge in [-0.05, 0) is 72.6 Å². The van der Waals surface area contributed by atoms with Crippen molar-refractivity contribution in [3.05, 3.63) is 54.5 Å². The van der Waals surface area contributed by atoms with E-state index >= 15 is 0 Å². The number of phenolic OH excluding ortho intramolecular Hbond substituents is 3. The third-order valence-corrected chi connectivity index (χ3v) is 23.1. The molecule has 11 heterocycles. The maximum absolute atomic E-state index is 14.2. The van der Waals surface area contributed by atoms with E-state index in [4.69, 9.17) is 142 Å². The average Bonchev–Trinajstić information content (AvgIpc) is 1.56. The van der Waals surface area contributed by atoms with Crippen LogP contribution in [0.3, 0.4) is 0 Å². The summed E-state index contributed by atoms with van der Waals surface area (Å²) < 4.78 is 154. The summed E-state index contributed by atoms with van der Waals surface area (Å²) in [5, 5.41) is 115. The van der Waals surface area contributed by atoms with Gasteiger partial charge in [0.25, 0.3) is 11.5 Å². The number of nitro groups is 1. The number of carbonyl (C=O) groups excluding carboxylic acids is 2. The molecule has 2 unspecified atom stereocenters. The number of aliphatic hydroxyl groups excluding tert-OH is 6. The molecule has 9 N–H and O–H groups in total. The van der Waals surface area contributed by atoms with Crippen molar-refractivity contribution in [2.75, 3.05) is 55.1 Å². The summed E-state index contributed by atoms with van der Waals surface area (Å²) in [6.45, 7) is 12.3. The van der Waals surface area contributed by atoms with Gasteiger partial charge in [0.1, 0.15) is 138 Å². The van der Waals surface area contributed by atoms with Gasteiger partial charge in [-0.3, -0.25) is 10.1 Å². The first-order valence-corrected chi connectivity index (χ1v) is 36.7. The predicted octanol–water partition coefficient (Wildman–Crippen LogP) is 0.608. The van der Waals surface area contributed by atoms with Gasteiger partial charge in [-0.15, -0.1) is 0 Å². The molecule has 41 heteroatoms. The van der Waals surface area contributed by atoms with Crippen molar-refractivity contribution in [1.82, 2.24) is 0 Å². The quantitative estimate of drug-likeness (QED) is 0.0498. The summed E-state index contributed by atoms with van der Waals surface area (Å²) in [5.74, 6) is -7.60. The molecule has 0 saturated carbocycles. The molecule has 0 amide bonds. The van der Waals surface area contributed by atoms with Gasteiger partial charge in [-0.2, -0.15) is 0 Å². The van der Waals surface area contributed by atoms with Crippen LogP contribution >= 0.6 is 23.2 Å². The molecule has 618 valence electrons. The van der Waals surface area contributed by atoms with E-state index in [1.54, 1.807) is 20.8 Å². The van der Waals surface area contributed by atoms with Crippen LogP contribution in [-0.2, 0) is 114 Å². The Bertz CT molecular complexity index is 3610. The number of aromatic hydroxyl groups is 3. The van der Waals surface area contributed by atoms with Gasteiger partial charge >= 0.3 is 17.9 Å². The highest BCUT2D eigenvalue weighted by Crippen LogP contribution is 2.53. The molecule has 11 aliphatic rings. The van der Waals surface area contributed by atoms with E-state index in [9.17, 15) is 65.7 Å². The number of aliphatic hydroxyl groups is 6. The lowest BCUT2D eigenvalue weighted by atomic mass is 9.86. The van der Waals surface area contributed by atoms with E-state index in [1.807, 2.05) is 0 Å². The first-order chi connectivity index (χ1) is 52.0. The Hall–Kier alpha value is -4.56. The summed E-state index contributed by atoms with van der Waals surface area (Å²) in [4.78, 5) is 39.4. The summed E-state index contributed by atoms with van der Waals surface area (Å²) in [6, 6.07) is 2.28. The minimum Gasteiger partial charge on any atom is -0.508 e. The largest absolute Gasteiger partial charge is 0.508 e. The fourth-order valence-electron chi connectivity index (χ4n) is 16.6. The molecule has 39 nitrogen and oxygen atoms in total. The van der Waals surface area contributed by atoms with Crippen LogP contribution in [0.1, 0.15) is 99.6 Å². The maximum Gasteiger partial charge on any atom is 0.342 e. The molecular weight excluding hydrogens is 1520 g/mol. The van der Waals surface area contributed by atoms with E-state index in [2.05, 4.69) is 0 Å². The Labute approximate surface area is 639 Å². The van der Waals surface area contributed by atoms with Crippen LogP contribution in [0.15, 0.2) is 12.1 Å². The molecule has 0 aromatic heterocycles. The summed E-state index contributed by atoms with van der Waals surface area (Å²) in [6.07, 6.45) is -42.2. The summed E-state index contributed by atoms with van der Waals surface area (Å²) >= 11 is 12.7. The van der Waals surface area contributed by atoms with Crippen LogP contribution in [-0.4, -0.2) is 331 Å². The lowest BCUT2D eigenvalue weighted by Gasteiger charge is -2.50. The standard InChI is InChI=1S/C69H95Cl2NO38/c1-23-14-30(73)15-31(74)39(23)60(82)99-35-21-93-69(59-52(35)91-22-92-59)107-36-20-90-62(45(78)51(36)108-69)105-64-55(89-13)44(77)50(34(100-64)19-86-10)103-63-46(79)54(49(87-11)26(4)96-63)104-65-57(81)67(9)58(29(7)97-65)109-68(110-67)17-32(75)47(27(5)106-68)101-37-16-33(98-38-18-66(8,72(84)85)56(80)28(6)95-38)48(25(3)94-37)102-61(83)40-24(2)41(70)43(76)42(71)53(40)88-12/h14-15,25-29,32-38,44-52,54-59,62-65,73-81H,16-22H2,1-13H3/t25-,26-,27-,28+,29-,32-,33-,34-,35-,36+,37+,38+,44+,45-,46-,47-,48-,49+,50-,51-,52+,54-,55+,56+,57-,58-,59-,62+,63+,64+,65+,66+,67-,68?,69?/m1/s1. The fraction of sp³-hybridized carbons (Fsp3) is 0.797. The summed E-state index contributed by atoms with van der Waals surface area (Å²) in [7, 11) is 5.17. The second kappa shape index (κ2) is 32.5. The molecule has 11 fully saturated rings. The number of methoxy groups -OCH3 is 4. The number of rotatable bonds is 20. The van der Waals surface area contributed by atoms with Crippen molar-refractivity contribution in [2.24, 2.45) is 0 Å². The number of ether oxygens (including phenoxy) is 25. The normalized spacial score (nSPS) is 46.0. The number of aryl methyl sites for hydroxylation is 1. The highest BCUT2D eigenvalue weighted by Gasteiger charge is 2.70. The Morgan fingerprint density at radius 1 is 0.609 bits per heavy atom. The number of carbonyl (C=O) groups is 2. The van der Waals surface area contributed by atoms with Crippen molar-refractivity contribution in [2.45, 2.75) is 295 Å². The lowest BCUT2D eigenvalue weighted by molar-refractivity contribution is -0.594. The number of fused-ring (bicyclic) bond motifs is 4. The minimum absolute atomic E-state index is 0.0546. The molecule has 2 aromatic carbocycles. The maximum atomic E-state index is 14.2. The van der Waals surface area contributed by atoms with Gasteiger partial charge < -0.3 is 164 Å². The Balaban J connectivity index is 0.643. The molecule has 0 aliphatic carbocycles. The Morgan fingerprint density at radius 3 is 1.98 bits per heavy atom. The SMILES string of the molecule is COC[C@H]1O[C@@H](O[C@@H]2OC[C@@H]3OC4(OC[C@@H](OC(=O)c5c(C)cc(O)cc5O)[C@@H]5OCO[C@H]54)O[C@H]3[C@H]2O)[C@@H](OC)[C@@H](O)[C@@H]1O[C@@H]1O[C@H](C)[C@H](OC)[C@H](O[C@@H]2O[C@H](C)[C@H]3OC4(C[C@@H](O)[C@H](O[C@H]5C[C@@H](O[C@H]6C[C@](C)([N+](=O)[O-])[C@@H](O)[C@H](C)O6)[C@H](OC(=O)c6c(C)c(Cl)c(O)c(Cl)c6OC)[C@@H](C)O5)[C@@H](C)O4)O[C@]3(C)[C@@H]2O)[C@H]1O. The van der Waals surface area contributed by atoms with Gasteiger partial charge in [0, 0.05) is 45.7 Å². The zero-order chi connectivity index (χ0) is 79.4. The summed E-state index contributed by atoms with van der Waals surface area (Å²) in [5.41, 5.74) is -3.81. The number of hydrogen-bond acceptors (Lipinski definition) is 38. The molecule has 2 aromatic rings. The lowest BCUT2D eigenvalue weighted by Crippen LogP contribution is -2.68. The molecule has 0 radical (unpaired) electrons. The monoisotopic (exact) mass is 1620 g/mol.